The summed E-state index contributed by atoms with van der Waals surface area (Å²) in [5.41, 5.74) is 0. The quantitative estimate of drug-likeness (QED) is 0.885. The minimum absolute atomic E-state index is 0.301. The Morgan fingerprint density at radius 3 is 2.82 bits per heavy atom. The van der Waals surface area contributed by atoms with Crippen LogP contribution in [0.4, 0.5) is 5.82 Å². The van der Waals surface area contributed by atoms with E-state index >= 15 is 0 Å². The molecule has 0 amide bonds. The first-order valence-corrected chi connectivity index (χ1v) is 6.84. The van der Waals surface area contributed by atoms with E-state index in [0.29, 0.717) is 11.2 Å². The first-order chi connectivity index (χ1) is 8.29. The summed E-state index contributed by atoms with van der Waals surface area (Å²) >= 11 is 7.47. The largest absolute Gasteiger partial charge is 0.361 e. The first-order valence-electron chi connectivity index (χ1n) is 5.58. The van der Waals surface area contributed by atoms with Crippen molar-refractivity contribution in [3.63, 3.8) is 0 Å². The van der Waals surface area contributed by atoms with Crippen LogP contribution in [0.2, 0.25) is 5.15 Å². The summed E-state index contributed by atoms with van der Waals surface area (Å²) < 4.78 is 0. The van der Waals surface area contributed by atoms with Crippen LogP contribution in [0.1, 0.15) is 30.7 Å². The summed E-state index contributed by atoms with van der Waals surface area (Å²) in [6, 6.07) is 8.11. The molecule has 5 heteroatoms. The Labute approximate surface area is 110 Å². The lowest BCUT2D eigenvalue weighted by Crippen LogP contribution is -2.10. The lowest BCUT2D eigenvalue weighted by molar-refractivity contribution is 0.682. The van der Waals surface area contributed by atoms with Gasteiger partial charge in [-0.1, -0.05) is 31.0 Å². The summed E-state index contributed by atoms with van der Waals surface area (Å²) in [5, 5.41) is 13.7. The average molecular weight is 268 g/mol. The van der Waals surface area contributed by atoms with Crippen molar-refractivity contribution in [3.8, 4) is 0 Å². The smallest absolute Gasteiger partial charge is 0.151 e. The van der Waals surface area contributed by atoms with Crippen LogP contribution in [0.25, 0.3) is 0 Å². The Hall–Kier alpha value is -1.13. The highest BCUT2D eigenvalue weighted by molar-refractivity contribution is 7.10. The zero-order chi connectivity index (χ0) is 12.1. The van der Waals surface area contributed by atoms with E-state index < -0.39 is 0 Å². The average Bonchev–Trinajstić information content (AvgIpc) is 2.85. The Morgan fingerprint density at radius 2 is 2.24 bits per heavy atom. The van der Waals surface area contributed by atoms with E-state index in [4.69, 9.17) is 11.6 Å². The van der Waals surface area contributed by atoms with Gasteiger partial charge in [0, 0.05) is 4.88 Å². The van der Waals surface area contributed by atoms with Crippen LogP contribution in [0.15, 0.2) is 29.6 Å². The molecular formula is C12H14ClN3S. The molecule has 0 saturated heterocycles. The Bertz CT molecular complexity index is 441. The van der Waals surface area contributed by atoms with E-state index in [-0.39, 0.29) is 0 Å². The number of nitrogens with one attached hydrogen (secondary N) is 1. The van der Waals surface area contributed by atoms with Gasteiger partial charge in [-0.15, -0.1) is 21.5 Å². The maximum absolute atomic E-state index is 5.71. The number of halogens is 1. The van der Waals surface area contributed by atoms with Gasteiger partial charge < -0.3 is 5.32 Å². The number of thiophene rings is 1. The Kier molecular flexibility index (Phi) is 4.34. The zero-order valence-corrected chi connectivity index (χ0v) is 11.1. The van der Waals surface area contributed by atoms with Crippen LogP contribution in [-0.2, 0) is 0 Å². The van der Waals surface area contributed by atoms with Gasteiger partial charge in [0.05, 0.1) is 6.04 Å². The van der Waals surface area contributed by atoms with Crippen LogP contribution >= 0.6 is 22.9 Å². The van der Waals surface area contributed by atoms with Gasteiger partial charge in [0.25, 0.3) is 0 Å². The topological polar surface area (TPSA) is 37.8 Å². The predicted molar refractivity (Wildman–Crippen MR) is 72.6 cm³/mol. The van der Waals surface area contributed by atoms with Crippen molar-refractivity contribution in [1.82, 2.24) is 10.2 Å². The second-order valence-electron chi connectivity index (χ2n) is 3.74. The summed E-state index contributed by atoms with van der Waals surface area (Å²) in [6.45, 7) is 2.18. The molecule has 1 atom stereocenters. The molecule has 2 aromatic heterocycles. The monoisotopic (exact) mass is 267 g/mol. The molecule has 3 nitrogen and oxygen atoms in total. The van der Waals surface area contributed by atoms with Crippen LogP contribution in [0.5, 0.6) is 0 Å². The predicted octanol–water partition coefficient (Wildman–Crippen LogP) is 4.14. The molecule has 1 N–H and O–H groups in total. The molecule has 0 aliphatic carbocycles. The van der Waals surface area contributed by atoms with Crippen molar-refractivity contribution in [2.45, 2.75) is 25.8 Å². The van der Waals surface area contributed by atoms with Gasteiger partial charge in [-0.05, 0) is 30.0 Å². The van der Waals surface area contributed by atoms with Crippen molar-refractivity contribution in [1.29, 1.82) is 0 Å². The molecule has 0 aromatic carbocycles. The Morgan fingerprint density at radius 1 is 1.35 bits per heavy atom. The molecular weight excluding hydrogens is 254 g/mol. The normalized spacial score (nSPS) is 12.4. The molecule has 0 bridgehead atoms. The maximum Gasteiger partial charge on any atom is 0.151 e. The zero-order valence-electron chi connectivity index (χ0n) is 9.56. The number of rotatable bonds is 5. The number of hydrogen-bond donors (Lipinski definition) is 1. The van der Waals surface area contributed by atoms with Crippen molar-refractivity contribution in [3.05, 3.63) is 39.7 Å². The summed E-state index contributed by atoms with van der Waals surface area (Å²) in [7, 11) is 0. The third-order valence-corrected chi connectivity index (χ3v) is 3.61. The number of hydrogen-bond acceptors (Lipinski definition) is 4. The first kappa shape index (κ1) is 12.3. The number of aromatic nitrogens is 2. The molecule has 0 aliphatic rings. The van der Waals surface area contributed by atoms with Gasteiger partial charge in [-0.3, -0.25) is 0 Å². The van der Waals surface area contributed by atoms with Gasteiger partial charge in [0.15, 0.2) is 5.15 Å². The van der Waals surface area contributed by atoms with Crippen LogP contribution in [-0.4, -0.2) is 10.2 Å². The fourth-order valence-electron chi connectivity index (χ4n) is 1.64. The van der Waals surface area contributed by atoms with E-state index in [1.165, 1.54) is 4.88 Å². The SMILES string of the molecule is CCCC(Nc1ccc(Cl)nn1)c1cccs1. The van der Waals surface area contributed by atoms with Crippen LogP contribution < -0.4 is 5.32 Å². The van der Waals surface area contributed by atoms with Crippen molar-refractivity contribution < 1.29 is 0 Å². The standard InChI is InChI=1S/C12H14ClN3S/c1-2-4-9(10-5-3-8-17-10)14-12-7-6-11(13)15-16-12/h3,5-9H,2,4H2,1H3,(H,14,16). The molecule has 90 valence electrons. The summed E-state index contributed by atoms with van der Waals surface area (Å²) in [5.74, 6) is 0.765. The molecule has 0 spiro atoms. The number of anilines is 1. The summed E-state index contributed by atoms with van der Waals surface area (Å²) in [6.07, 6.45) is 2.20. The van der Waals surface area contributed by atoms with Gasteiger partial charge in [0.1, 0.15) is 5.82 Å². The molecule has 17 heavy (non-hydrogen) atoms. The van der Waals surface area contributed by atoms with Crippen LogP contribution in [0.3, 0.4) is 0 Å². The molecule has 1 unspecified atom stereocenters. The molecule has 0 saturated carbocycles. The third-order valence-electron chi connectivity index (χ3n) is 2.42. The van der Waals surface area contributed by atoms with E-state index in [2.05, 4.69) is 40.0 Å². The van der Waals surface area contributed by atoms with Crippen molar-refractivity contribution in [2.24, 2.45) is 0 Å². The van der Waals surface area contributed by atoms with Crippen LogP contribution in [0, 0.1) is 0 Å². The van der Waals surface area contributed by atoms with Gasteiger partial charge in [-0.25, -0.2) is 0 Å². The second-order valence-corrected chi connectivity index (χ2v) is 5.11. The van der Waals surface area contributed by atoms with E-state index in [1.54, 1.807) is 17.4 Å². The fourth-order valence-corrected chi connectivity index (χ4v) is 2.55. The minimum atomic E-state index is 0.301. The van der Waals surface area contributed by atoms with E-state index in [1.807, 2.05) is 6.07 Å². The molecule has 2 rings (SSSR count). The van der Waals surface area contributed by atoms with Gasteiger partial charge >= 0.3 is 0 Å². The molecule has 0 radical (unpaired) electrons. The highest BCUT2D eigenvalue weighted by Crippen LogP contribution is 2.26. The maximum atomic E-state index is 5.71. The lowest BCUT2D eigenvalue weighted by Gasteiger charge is -2.16. The summed E-state index contributed by atoms with van der Waals surface area (Å²) in [4.78, 5) is 1.32. The van der Waals surface area contributed by atoms with E-state index in [9.17, 15) is 0 Å². The lowest BCUT2D eigenvalue weighted by atomic mass is 10.1. The number of nitrogens with zero attached hydrogens (tertiary/aromatic N) is 2. The van der Waals surface area contributed by atoms with Crippen molar-refractivity contribution >= 4 is 28.8 Å². The highest BCUT2D eigenvalue weighted by atomic mass is 35.5. The highest BCUT2D eigenvalue weighted by Gasteiger charge is 2.12. The van der Waals surface area contributed by atoms with Gasteiger partial charge in [0.2, 0.25) is 0 Å². The van der Waals surface area contributed by atoms with Gasteiger partial charge in [-0.2, -0.15) is 0 Å². The molecule has 2 heterocycles. The minimum Gasteiger partial charge on any atom is -0.361 e. The molecule has 0 aliphatic heterocycles. The molecule has 2 aromatic rings. The third kappa shape index (κ3) is 3.41. The fraction of sp³-hybridized carbons (Fsp3) is 0.333. The van der Waals surface area contributed by atoms with E-state index in [0.717, 1.165) is 18.7 Å². The molecule has 0 fully saturated rings. The second kappa shape index (κ2) is 5.98. The van der Waals surface area contributed by atoms with Crippen molar-refractivity contribution in [2.75, 3.05) is 5.32 Å². The Balaban J connectivity index is 2.10.